The van der Waals surface area contributed by atoms with Gasteiger partial charge in [0.15, 0.2) is 5.76 Å². The minimum absolute atomic E-state index is 0.107. The molecule has 26 heavy (non-hydrogen) atoms. The van der Waals surface area contributed by atoms with Gasteiger partial charge in [0.05, 0.1) is 0 Å². The van der Waals surface area contributed by atoms with Gasteiger partial charge in [0.1, 0.15) is 11.4 Å². The number of piperazine rings is 1. The molecule has 1 saturated heterocycles. The number of amides is 1. The molecule has 0 atom stereocenters. The average Bonchev–Trinajstić information content (AvgIpc) is 3.09. The maximum Gasteiger partial charge on any atom is 0.289 e. The van der Waals surface area contributed by atoms with E-state index in [0.29, 0.717) is 54.7 Å². The molecule has 0 N–H and O–H groups in total. The fourth-order valence-corrected chi connectivity index (χ4v) is 3.48. The van der Waals surface area contributed by atoms with Gasteiger partial charge < -0.3 is 9.32 Å². The van der Waals surface area contributed by atoms with Crippen LogP contribution in [0.5, 0.6) is 0 Å². The molecule has 1 aliphatic heterocycles. The van der Waals surface area contributed by atoms with Crippen molar-refractivity contribution in [2.45, 2.75) is 6.54 Å². The molecule has 6 heteroatoms. The molecule has 134 valence electrons. The van der Waals surface area contributed by atoms with E-state index in [-0.39, 0.29) is 11.7 Å². The second-order valence-corrected chi connectivity index (χ2v) is 6.82. The van der Waals surface area contributed by atoms with Gasteiger partial charge >= 0.3 is 0 Å². The average molecular weight is 373 g/mol. The van der Waals surface area contributed by atoms with Crippen LogP contribution in [0.3, 0.4) is 0 Å². The Labute approximate surface area is 155 Å². The van der Waals surface area contributed by atoms with E-state index in [9.17, 15) is 9.18 Å². The number of furan rings is 1. The van der Waals surface area contributed by atoms with E-state index in [1.807, 2.05) is 24.3 Å². The summed E-state index contributed by atoms with van der Waals surface area (Å²) in [5, 5.41) is 1.36. The topological polar surface area (TPSA) is 36.7 Å². The van der Waals surface area contributed by atoms with Crippen LogP contribution in [0.15, 0.2) is 52.9 Å². The number of carbonyl (C=O) groups is 1. The molecular formula is C20H18ClFN2O2. The minimum atomic E-state index is -0.293. The van der Waals surface area contributed by atoms with E-state index in [0.717, 1.165) is 5.39 Å². The zero-order valence-corrected chi connectivity index (χ0v) is 14.9. The summed E-state index contributed by atoms with van der Waals surface area (Å²) in [7, 11) is 0. The molecule has 2 heterocycles. The lowest BCUT2D eigenvalue weighted by molar-refractivity contribution is 0.0598. The molecule has 0 spiro atoms. The maximum atomic E-state index is 13.9. The van der Waals surface area contributed by atoms with Gasteiger partial charge in [-0.2, -0.15) is 0 Å². The second-order valence-electron chi connectivity index (χ2n) is 6.42. The van der Waals surface area contributed by atoms with Crippen molar-refractivity contribution >= 4 is 28.5 Å². The summed E-state index contributed by atoms with van der Waals surface area (Å²) in [5.74, 6) is -0.0418. The molecule has 1 aliphatic rings. The lowest BCUT2D eigenvalue weighted by atomic mass is 10.1. The number of rotatable bonds is 3. The molecule has 1 fully saturated rings. The Bertz CT molecular complexity index is 895. The van der Waals surface area contributed by atoms with E-state index >= 15 is 0 Å². The fourth-order valence-electron chi connectivity index (χ4n) is 3.26. The first-order valence-corrected chi connectivity index (χ1v) is 8.93. The molecule has 4 rings (SSSR count). The lowest BCUT2D eigenvalue weighted by Gasteiger charge is -2.34. The van der Waals surface area contributed by atoms with Crippen LogP contribution in [0.4, 0.5) is 4.39 Å². The summed E-state index contributed by atoms with van der Waals surface area (Å²) >= 11 is 6.10. The predicted octanol–water partition coefficient (Wildman–Crippen LogP) is 4.18. The molecular weight excluding hydrogens is 355 g/mol. The molecule has 3 aromatic rings. The summed E-state index contributed by atoms with van der Waals surface area (Å²) < 4.78 is 19.6. The molecule has 0 aliphatic carbocycles. The van der Waals surface area contributed by atoms with Crippen LogP contribution in [0, 0.1) is 5.82 Å². The van der Waals surface area contributed by atoms with Gasteiger partial charge in [0.2, 0.25) is 0 Å². The van der Waals surface area contributed by atoms with Crippen LogP contribution >= 0.6 is 11.6 Å². The Morgan fingerprint density at radius 1 is 1.08 bits per heavy atom. The molecule has 1 amide bonds. The van der Waals surface area contributed by atoms with Crippen molar-refractivity contribution in [2.24, 2.45) is 0 Å². The van der Waals surface area contributed by atoms with Gasteiger partial charge in [-0.25, -0.2) is 4.39 Å². The van der Waals surface area contributed by atoms with Crippen LogP contribution in [0.25, 0.3) is 11.0 Å². The van der Waals surface area contributed by atoms with E-state index < -0.39 is 0 Å². The Balaban J connectivity index is 1.41. The monoisotopic (exact) mass is 372 g/mol. The third-order valence-electron chi connectivity index (χ3n) is 4.74. The smallest absolute Gasteiger partial charge is 0.289 e. The third kappa shape index (κ3) is 3.32. The lowest BCUT2D eigenvalue weighted by Crippen LogP contribution is -2.48. The standard InChI is InChI=1S/C20H18ClFN2O2/c21-16-5-3-6-17(22)15(16)13-23-8-10-24(11-9-23)20(25)19-12-14-4-1-2-7-18(14)26-19/h1-7,12H,8-11,13H2. The highest BCUT2D eigenvalue weighted by molar-refractivity contribution is 6.31. The number of halogens is 2. The summed E-state index contributed by atoms with van der Waals surface area (Å²) in [6.07, 6.45) is 0. The van der Waals surface area contributed by atoms with Crippen LogP contribution in [0.2, 0.25) is 5.02 Å². The molecule has 4 nitrogen and oxygen atoms in total. The van der Waals surface area contributed by atoms with Crippen molar-refractivity contribution in [1.82, 2.24) is 9.80 Å². The predicted molar refractivity (Wildman–Crippen MR) is 98.8 cm³/mol. The van der Waals surface area contributed by atoms with Crippen LogP contribution in [0.1, 0.15) is 16.1 Å². The van der Waals surface area contributed by atoms with Gasteiger partial charge in [-0.15, -0.1) is 0 Å². The van der Waals surface area contributed by atoms with E-state index in [1.165, 1.54) is 6.07 Å². The van der Waals surface area contributed by atoms with Crippen LogP contribution in [-0.2, 0) is 6.54 Å². The van der Waals surface area contributed by atoms with Gasteiger partial charge in [-0.1, -0.05) is 35.9 Å². The highest BCUT2D eigenvalue weighted by Crippen LogP contribution is 2.23. The number of para-hydroxylation sites is 1. The number of nitrogens with zero attached hydrogens (tertiary/aromatic N) is 2. The van der Waals surface area contributed by atoms with E-state index in [1.54, 1.807) is 23.1 Å². The first-order chi connectivity index (χ1) is 12.6. The van der Waals surface area contributed by atoms with Gasteiger partial charge in [-0.05, 0) is 24.3 Å². The summed E-state index contributed by atoms with van der Waals surface area (Å²) in [6.45, 7) is 2.91. The van der Waals surface area contributed by atoms with Crippen molar-refractivity contribution < 1.29 is 13.6 Å². The van der Waals surface area contributed by atoms with Crippen LogP contribution in [-0.4, -0.2) is 41.9 Å². The number of fused-ring (bicyclic) bond motifs is 1. The van der Waals surface area contributed by atoms with Crippen molar-refractivity contribution in [2.75, 3.05) is 26.2 Å². The molecule has 0 unspecified atom stereocenters. The Morgan fingerprint density at radius 2 is 1.85 bits per heavy atom. The number of carbonyl (C=O) groups excluding carboxylic acids is 1. The SMILES string of the molecule is O=C(c1cc2ccccc2o1)N1CCN(Cc2c(F)cccc2Cl)CC1. The van der Waals surface area contributed by atoms with Crippen molar-refractivity contribution in [3.05, 3.63) is 70.7 Å². The molecule has 2 aromatic carbocycles. The quantitative estimate of drug-likeness (QED) is 0.692. The summed E-state index contributed by atoms with van der Waals surface area (Å²) in [5.41, 5.74) is 1.22. The first-order valence-electron chi connectivity index (χ1n) is 8.55. The highest BCUT2D eigenvalue weighted by Gasteiger charge is 2.25. The van der Waals surface area contributed by atoms with Gasteiger partial charge in [-0.3, -0.25) is 9.69 Å². The van der Waals surface area contributed by atoms with Crippen LogP contribution < -0.4 is 0 Å². The van der Waals surface area contributed by atoms with Crippen molar-refractivity contribution in [3.63, 3.8) is 0 Å². The first kappa shape index (κ1) is 17.1. The van der Waals surface area contributed by atoms with E-state index in [4.69, 9.17) is 16.0 Å². The van der Waals surface area contributed by atoms with Crippen molar-refractivity contribution in [3.8, 4) is 0 Å². The van der Waals surface area contributed by atoms with Gasteiger partial charge in [0, 0.05) is 48.7 Å². The zero-order chi connectivity index (χ0) is 18.1. The Morgan fingerprint density at radius 3 is 2.58 bits per heavy atom. The highest BCUT2D eigenvalue weighted by atomic mass is 35.5. The third-order valence-corrected chi connectivity index (χ3v) is 5.09. The summed E-state index contributed by atoms with van der Waals surface area (Å²) in [6, 6.07) is 14.1. The summed E-state index contributed by atoms with van der Waals surface area (Å²) in [4.78, 5) is 16.6. The molecule has 0 radical (unpaired) electrons. The van der Waals surface area contributed by atoms with Crippen molar-refractivity contribution in [1.29, 1.82) is 0 Å². The molecule has 0 saturated carbocycles. The zero-order valence-electron chi connectivity index (χ0n) is 14.1. The molecule has 0 bridgehead atoms. The second kappa shape index (κ2) is 7.09. The number of benzene rings is 2. The molecule has 1 aromatic heterocycles. The fraction of sp³-hybridized carbons (Fsp3) is 0.250. The number of hydrogen-bond donors (Lipinski definition) is 0. The Kier molecular flexibility index (Phi) is 4.66. The van der Waals surface area contributed by atoms with E-state index in [2.05, 4.69) is 4.90 Å². The normalized spacial score (nSPS) is 15.5. The maximum absolute atomic E-state index is 13.9. The Hall–Kier alpha value is -2.37. The number of hydrogen-bond acceptors (Lipinski definition) is 3. The van der Waals surface area contributed by atoms with Gasteiger partial charge in [0.25, 0.3) is 5.91 Å². The minimum Gasteiger partial charge on any atom is -0.451 e. The largest absolute Gasteiger partial charge is 0.451 e.